The van der Waals surface area contributed by atoms with E-state index in [2.05, 4.69) is 12.2 Å². The first-order valence-corrected chi connectivity index (χ1v) is 8.37. The Bertz CT molecular complexity index is 349. The molecule has 0 aliphatic heterocycles. The lowest BCUT2D eigenvalue weighted by Gasteiger charge is -2.29. The third-order valence-electron chi connectivity index (χ3n) is 3.86. The molecule has 0 heterocycles. The van der Waals surface area contributed by atoms with Gasteiger partial charge in [-0.25, -0.2) is 4.79 Å². The van der Waals surface area contributed by atoms with Gasteiger partial charge in [-0.15, -0.1) is 0 Å². The van der Waals surface area contributed by atoms with E-state index in [1.54, 1.807) is 20.8 Å². The summed E-state index contributed by atoms with van der Waals surface area (Å²) < 4.78 is 5.17. The van der Waals surface area contributed by atoms with E-state index < -0.39 is 23.1 Å². The van der Waals surface area contributed by atoms with Crippen molar-refractivity contribution in [2.75, 3.05) is 6.54 Å². The minimum absolute atomic E-state index is 0.113. The molecule has 0 aromatic carbocycles. The van der Waals surface area contributed by atoms with Gasteiger partial charge in [0.1, 0.15) is 5.60 Å². The molecule has 0 bridgehead atoms. The molecular weight excluding hydrogens is 282 g/mol. The minimum atomic E-state index is -0.900. The Labute approximate surface area is 134 Å². The number of carboxylic acid groups (broad SMARTS) is 1. The molecule has 0 saturated heterocycles. The molecule has 0 aliphatic rings. The molecule has 0 fully saturated rings. The topological polar surface area (TPSA) is 75.6 Å². The van der Waals surface area contributed by atoms with Crippen LogP contribution >= 0.6 is 0 Å². The average molecular weight is 315 g/mol. The first-order chi connectivity index (χ1) is 10.2. The fraction of sp³-hybridized carbons (Fsp3) is 0.882. The minimum Gasteiger partial charge on any atom is -0.481 e. The molecule has 130 valence electrons. The van der Waals surface area contributed by atoms with Crippen LogP contribution < -0.4 is 5.32 Å². The van der Waals surface area contributed by atoms with Crippen LogP contribution in [0.2, 0.25) is 0 Å². The van der Waals surface area contributed by atoms with Gasteiger partial charge in [0.2, 0.25) is 0 Å². The normalized spacial score (nSPS) is 14.2. The Morgan fingerprint density at radius 3 is 2.09 bits per heavy atom. The van der Waals surface area contributed by atoms with Crippen molar-refractivity contribution in [1.29, 1.82) is 0 Å². The van der Waals surface area contributed by atoms with Crippen LogP contribution in [-0.4, -0.2) is 29.3 Å². The van der Waals surface area contributed by atoms with Gasteiger partial charge in [0.25, 0.3) is 0 Å². The number of carbonyl (C=O) groups is 2. The van der Waals surface area contributed by atoms with E-state index in [1.807, 2.05) is 6.92 Å². The van der Waals surface area contributed by atoms with Crippen LogP contribution in [-0.2, 0) is 9.53 Å². The molecule has 2 N–H and O–H groups in total. The summed E-state index contributed by atoms with van der Waals surface area (Å²) in [6.07, 6.45) is 5.91. The summed E-state index contributed by atoms with van der Waals surface area (Å²) in [4.78, 5) is 23.4. The van der Waals surface area contributed by atoms with Gasteiger partial charge in [-0.2, -0.15) is 0 Å². The molecular formula is C17H33NO4. The van der Waals surface area contributed by atoms with Crippen molar-refractivity contribution < 1.29 is 19.4 Å². The lowest BCUT2D eigenvalue weighted by molar-refractivity contribution is -0.149. The second kappa shape index (κ2) is 9.70. The van der Waals surface area contributed by atoms with E-state index in [0.717, 1.165) is 25.7 Å². The van der Waals surface area contributed by atoms with E-state index in [-0.39, 0.29) is 6.54 Å². The van der Waals surface area contributed by atoms with E-state index in [9.17, 15) is 14.7 Å². The number of nitrogens with one attached hydrogen (secondary N) is 1. The van der Waals surface area contributed by atoms with Gasteiger partial charge in [-0.3, -0.25) is 4.79 Å². The van der Waals surface area contributed by atoms with Gasteiger partial charge in [-0.1, -0.05) is 46.0 Å². The highest BCUT2D eigenvalue weighted by Gasteiger charge is 2.36. The summed E-state index contributed by atoms with van der Waals surface area (Å²) in [5, 5.41) is 12.2. The molecule has 5 nitrogen and oxygen atoms in total. The third kappa shape index (κ3) is 8.25. The summed E-state index contributed by atoms with van der Waals surface area (Å²) in [5.41, 5.74) is -1.48. The SMILES string of the molecule is CCCCCCCC(CC)(CNC(=O)OC(C)(C)C)C(=O)O. The molecule has 1 atom stereocenters. The summed E-state index contributed by atoms with van der Waals surface area (Å²) in [5.74, 6) is -0.846. The Morgan fingerprint density at radius 2 is 1.64 bits per heavy atom. The third-order valence-corrected chi connectivity index (χ3v) is 3.86. The number of amides is 1. The molecule has 0 aromatic rings. The van der Waals surface area contributed by atoms with E-state index in [1.165, 1.54) is 6.42 Å². The number of hydrogen-bond acceptors (Lipinski definition) is 3. The molecule has 0 radical (unpaired) electrons. The highest BCUT2D eigenvalue weighted by atomic mass is 16.6. The number of unbranched alkanes of at least 4 members (excludes halogenated alkanes) is 4. The van der Waals surface area contributed by atoms with Gasteiger partial charge >= 0.3 is 12.1 Å². The largest absolute Gasteiger partial charge is 0.481 e. The first kappa shape index (κ1) is 20.7. The van der Waals surface area contributed by atoms with Crippen molar-refractivity contribution in [1.82, 2.24) is 5.32 Å². The lowest BCUT2D eigenvalue weighted by Crippen LogP contribution is -2.44. The Kier molecular flexibility index (Phi) is 9.14. The fourth-order valence-corrected chi connectivity index (χ4v) is 2.35. The zero-order chi connectivity index (χ0) is 17.2. The zero-order valence-electron chi connectivity index (χ0n) is 14.8. The zero-order valence-corrected chi connectivity index (χ0v) is 14.8. The van der Waals surface area contributed by atoms with Crippen molar-refractivity contribution in [2.45, 2.75) is 85.2 Å². The highest BCUT2D eigenvalue weighted by molar-refractivity contribution is 5.76. The molecule has 1 amide bonds. The van der Waals surface area contributed by atoms with Gasteiger partial charge in [0, 0.05) is 6.54 Å². The molecule has 5 heteroatoms. The molecule has 1 unspecified atom stereocenters. The number of alkyl carbamates (subject to hydrolysis) is 1. The maximum atomic E-state index is 11.7. The summed E-state index contributed by atoms with van der Waals surface area (Å²) in [6.45, 7) is 9.47. The molecule has 0 aromatic heterocycles. The number of carbonyl (C=O) groups excluding carboxylic acids is 1. The fourth-order valence-electron chi connectivity index (χ4n) is 2.35. The molecule has 0 saturated carbocycles. The quantitative estimate of drug-likeness (QED) is 0.588. The number of hydrogen-bond donors (Lipinski definition) is 2. The second-order valence-electron chi connectivity index (χ2n) is 6.96. The van der Waals surface area contributed by atoms with Crippen molar-refractivity contribution in [3.05, 3.63) is 0 Å². The van der Waals surface area contributed by atoms with Crippen LogP contribution in [0.15, 0.2) is 0 Å². The van der Waals surface area contributed by atoms with E-state index in [0.29, 0.717) is 12.8 Å². The number of ether oxygens (including phenoxy) is 1. The number of carboxylic acids is 1. The van der Waals surface area contributed by atoms with Crippen LogP contribution in [0, 0.1) is 5.41 Å². The van der Waals surface area contributed by atoms with Crippen molar-refractivity contribution in [2.24, 2.45) is 5.41 Å². The van der Waals surface area contributed by atoms with Gasteiger partial charge in [-0.05, 0) is 33.6 Å². The molecule has 0 aliphatic carbocycles. The first-order valence-electron chi connectivity index (χ1n) is 8.37. The summed E-state index contributed by atoms with van der Waals surface area (Å²) >= 11 is 0. The monoisotopic (exact) mass is 315 g/mol. The molecule has 0 spiro atoms. The van der Waals surface area contributed by atoms with Gasteiger partial charge in [0.05, 0.1) is 5.41 Å². The van der Waals surface area contributed by atoms with Crippen LogP contribution in [0.5, 0.6) is 0 Å². The Balaban J connectivity index is 4.49. The van der Waals surface area contributed by atoms with Crippen LogP contribution in [0.4, 0.5) is 4.79 Å². The maximum absolute atomic E-state index is 11.7. The van der Waals surface area contributed by atoms with Crippen molar-refractivity contribution in [3.8, 4) is 0 Å². The van der Waals surface area contributed by atoms with Crippen molar-refractivity contribution in [3.63, 3.8) is 0 Å². The molecule has 0 rings (SSSR count). The maximum Gasteiger partial charge on any atom is 0.407 e. The predicted octanol–water partition coefficient (Wildman–Crippen LogP) is 4.35. The predicted molar refractivity (Wildman–Crippen MR) is 88.0 cm³/mol. The lowest BCUT2D eigenvalue weighted by atomic mass is 9.80. The average Bonchev–Trinajstić information content (AvgIpc) is 2.40. The van der Waals surface area contributed by atoms with Crippen LogP contribution in [0.1, 0.15) is 79.6 Å². The summed E-state index contributed by atoms with van der Waals surface area (Å²) in [7, 11) is 0. The molecule has 22 heavy (non-hydrogen) atoms. The summed E-state index contributed by atoms with van der Waals surface area (Å²) in [6, 6.07) is 0. The Hall–Kier alpha value is -1.26. The van der Waals surface area contributed by atoms with E-state index in [4.69, 9.17) is 4.74 Å². The van der Waals surface area contributed by atoms with Gasteiger partial charge < -0.3 is 15.2 Å². The Morgan fingerprint density at radius 1 is 1.05 bits per heavy atom. The van der Waals surface area contributed by atoms with Crippen LogP contribution in [0.25, 0.3) is 0 Å². The smallest absolute Gasteiger partial charge is 0.407 e. The van der Waals surface area contributed by atoms with Crippen LogP contribution in [0.3, 0.4) is 0 Å². The van der Waals surface area contributed by atoms with Crippen molar-refractivity contribution >= 4 is 12.1 Å². The van der Waals surface area contributed by atoms with E-state index >= 15 is 0 Å². The standard InChI is InChI=1S/C17H33NO4/c1-6-8-9-10-11-12-17(7-2,14(19)20)13-18-15(21)22-16(3,4)5/h6-13H2,1-5H3,(H,18,21)(H,19,20). The number of aliphatic carboxylic acids is 1. The second-order valence-corrected chi connectivity index (χ2v) is 6.96. The number of rotatable bonds is 10. The van der Waals surface area contributed by atoms with Gasteiger partial charge in [0.15, 0.2) is 0 Å². The highest BCUT2D eigenvalue weighted by Crippen LogP contribution is 2.29.